The molecule has 1 aromatic heterocycles. The second-order valence-electron chi connectivity index (χ2n) is 1.67. The summed E-state index contributed by atoms with van der Waals surface area (Å²) < 4.78 is 27.7. The van der Waals surface area contributed by atoms with Crippen LogP contribution in [0.5, 0.6) is 0 Å². The zero-order valence-electron chi connectivity index (χ0n) is 4.88. The average molecular weight is 146 g/mol. The highest BCUT2D eigenvalue weighted by molar-refractivity contribution is 5.00. The fourth-order valence-electron chi connectivity index (χ4n) is 0.516. The molecule has 0 aliphatic carbocycles. The zero-order chi connectivity index (χ0) is 7.56. The molecule has 2 nitrogen and oxygen atoms in total. The molecule has 0 saturated carbocycles. The van der Waals surface area contributed by atoms with Crippen molar-refractivity contribution in [1.82, 2.24) is 0 Å². The highest BCUT2D eigenvalue weighted by atomic mass is 19.3. The maximum atomic E-state index is 11.7. The summed E-state index contributed by atoms with van der Waals surface area (Å²) in [6.45, 7) is 0. The van der Waals surface area contributed by atoms with Crippen molar-refractivity contribution in [3.05, 3.63) is 34.4 Å². The van der Waals surface area contributed by atoms with Crippen LogP contribution < -0.4 is 5.43 Å². The predicted octanol–water partition coefficient (Wildman–Crippen LogP) is 1.58. The molecule has 0 bridgehead atoms. The van der Waals surface area contributed by atoms with Crippen molar-refractivity contribution in [2.24, 2.45) is 0 Å². The van der Waals surface area contributed by atoms with Gasteiger partial charge >= 0.3 is 0 Å². The van der Waals surface area contributed by atoms with Gasteiger partial charge in [0.2, 0.25) is 0 Å². The monoisotopic (exact) mass is 146 g/mol. The second-order valence-corrected chi connectivity index (χ2v) is 1.67. The normalized spacial score (nSPS) is 10.3. The van der Waals surface area contributed by atoms with Crippen LogP contribution in [0.3, 0.4) is 0 Å². The Balaban J connectivity index is 3.07. The molecule has 1 rings (SSSR count). The lowest BCUT2D eigenvalue weighted by Crippen LogP contribution is -1.97. The van der Waals surface area contributed by atoms with Gasteiger partial charge in [-0.3, -0.25) is 4.79 Å². The Labute approximate surface area is 55.1 Å². The first-order valence-corrected chi connectivity index (χ1v) is 2.57. The summed E-state index contributed by atoms with van der Waals surface area (Å²) in [5.41, 5.74) is -0.471. The van der Waals surface area contributed by atoms with E-state index in [1.807, 2.05) is 0 Å². The molecule has 0 fully saturated rings. The molecule has 1 heterocycles. The minimum absolute atomic E-state index is 0.471. The van der Waals surface area contributed by atoms with Crippen molar-refractivity contribution in [2.75, 3.05) is 0 Å². The van der Waals surface area contributed by atoms with Gasteiger partial charge in [-0.2, -0.15) is 0 Å². The van der Waals surface area contributed by atoms with Crippen LogP contribution in [0.2, 0.25) is 0 Å². The number of halogens is 2. The molecule has 0 spiro atoms. The Morgan fingerprint density at radius 3 is 2.60 bits per heavy atom. The lowest BCUT2D eigenvalue weighted by Gasteiger charge is -1.93. The second kappa shape index (κ2) is 2.60. The van der Waals surface area contributed by atoms with Gasteiger partial charge in [-0.1, -0.05) is 0 Å². The van der Waals surface area contributed by atoms with E-state index in [-0.39, 0.29) is 0 Å². The Bertz CT molecular complexity index is 266. The van der Waals surface area contributed by atoms with Gasteiger partial charge in [-0.15, -0.1) is 0 Å². The maximum Gasteiger partial charge on any atom is 0.295 e. The summed E-state index contributed by atoms with van der Waals surface area (Å²) in [5.74, 6) is -0.590. The number of rotatable bonds is 1. The van der Waals surface area contributed by atoms with Crippen molar-refractivity contribution >= 4 is 0 Å². The molecular weight excluding hydrogens is 142 g/mol. The molecule has 4 heteroatoms. The van der Waals surface area contributed by atoms with E-state index in [1.54, 1.807) is 0 Å². The Kier molecular flexibility index (Phi) is 1.80. The van der Waals surface area contributed by atoms with Gasteiger partial charge in [0.15, 0.2) is 11.2 Å². The van der Waals surface area contributed by atoms with E-state index in [4.69, 9.17) is 0 Å². The summed E-state index contributed by atoms with van der Waals surface area (Å²) in [7, 11) is 0. The van der Waals surface area contributed by atoms with Gasteiger partial charge in [0.1, 0.15) is 0 Å². The summed E-state index contributed by atoms with van der Waals surface area (Å²) in [4.78, 5) is 10.4. The topological polar surface area (TPSA) is 30.2 Å². The quantitative estimate of drug-likeness (QED) is 0.602. The van der Waals surface area contributed by atoms with E-state index < -0.39 is 17.6 Å². The summed E-state index contributed by atoms with van der Waals surface area (Å²) in [6.07, 6.45) is -1.77. The first-order valence-electron chi connectivity index (χ1n) is 2.57. The molecule has 0 radical (unpaired) electrons. The molecule has 0 aliphatic heterocycles. The molecule has 0 amide bonds. The van der Waals surface area contributed by atoms with Crippen LogP contribution >= 0.6 is 0 Å². The van der Waals surface area contributed by atoms with Crippen LogP contribution in [0.15, 0.2) is 27.6 Å². The summed E-state index contributed by atoms with van der Waals surface area (Å²) >= 11 is 0. The van der Waals surface area contributed by atoms with Crippen LogP contribution in [0.4, 0.5) is 8.78 Å². The Morgan fingerprint density at radius 1 is 1.50 bits per heavy atom. The predicted molar refractivity (Wildman–Crippen MR) is 29.9 cm³/mol. The van der Waals surface area contributed by atoms with Crippen molar-refractivity contribution < 1.29 is 13.2 Å². The molecule has 54 valence electrons. The minimum Gasteiger partial charge on any atom is -0.463 e. The largest absolute Gasteiger partial charge is 0.463 e. The molecule has 0 aromatic carbocycles. The lowest BCUT2D eigenvalue weighted by molar-refractivity contribution is 0.119. The lowest BCUT2D eigenvalue weighted by atomic mass is 10.4. The zero-order valence-corrected chi connectivity index (χ0v) is 4.88. The van der Waals surface area contributed by atoms with Crippen LogP contribution in [0.25, 0.3) is 0 Å². The first kappa shape index (κ1) is 6.92. The van der Waals surface area contributed by atoms with Gasteiger partial charge in [-0.25, -0.2) is 8.78 Å². The van der Waals surface area contributed by atoms with E-state index >= 15 is 0 Å². The third kappa shape index (κ3) is 1.40. The van der Waals surface area contributed by atoms with Gasteiger partial charge in [-0.05, 0) is 0 Å². The molecule has 10 heavy (non-hydrogen) atoms. The fourth-order valence-corrected chi connectivity index (χ4v) is 0.516. The molecule has 0 aliphatic rings. The van der Waals surface area contributed by atoms with Gasteiger partial charge in [0.25, 0.3) is 6.43 Å². The fraction of sp³-hybridized carbons (Fsp3) is 0.167. The summed E-state index contributed by atoms with van der Waals surface area (Å²) in [6, 6.07) is 1.84. The molecular formula is C6H4F2O2. The van der Waals surface area contributed by atoms with E-state index in [0.29, 0.717) is 0 Å². The van der Waals surface area contributed by atoms with Gasteiger partial charge in [0.05, 0.1) is 6.26 Å². The Hall–Kier alpha value is -1.19. The number of hydrogen-bond donors (Lipinski definition) is 0. The SMILES string of the molecule is O=c1ccoc(C(F)F)c1. The molecule has 0 saturated heterocycles. The number of hydrogen-bond acceptors (Lipinski definition) is 2. The van der Waals surface area contributed by atoms with Crippen LogP contribution in [0.1, 0.15) is 12.2 Å². The van der Waals surface area contributed by atoms with Gasteiger partial charge in [0, 0.05) is 12.1 Å². The maximum absolute atomic E-state index is 11.7. The van der Waals surface area contributed by atoms with Crippen molar-refractivity contribution in [2.45, 2.75) is 6.43 Å². The van der Waals surface area contributed by atoms with E-state index in [9.17, 15) is 13.6 Å². The molecule has 0 atom stereocenters. The van der Waals surface area contributed by atoms with E-state index in [1.165, 1.54) is 0 Å². The first-order chi connectivity index (χ1) is 4.70. The molecule has 1 aromatic rings. The van der Waals surface area contributed by atoms with Crippen LogP contribution in [-0.4, -0.2) is 0 Å². The minimum atomic E-state index is -2.71. The van der Waals surface area contributed by atoms with Gasteiger partial charge < -0.3 is 4.42 Å². The standard InChI is InChI=1S/C6H4F2O2/c7-6(8)5-3-4(9)1-2-10-5/h1-3,6H. The highest BCUT2D eigenvalue weighted by Gasteiger charge is 2.08. The summed E-state index contributed by atoms with van der Waals surface area (Å²) in [5, 5.41) is 0. The van der Waals surface area contributed by atoms with Crippen LogP contribution in [-0.2, 0) is 0 Å². The van der Waals surface area contributed by atoms with Crippen molar-refractivity contribution in [3.8, 4) is 0 Å². The molecule has 0 unspecified atom stereocenters. The third-order valence-corrected chi connectivity index (χ3v) is 0.936. The van der Waals surface area contributed by atoms with E-state index in [0.717, 1.165) is 18.4 Å². The smallest absolute Gasteiger partial charge is 0.295 e. The Morgan fingerprint density at radius 2 is 2.20 bits per heavy atom. The third-order valence-electron chi connectivity index (χ3n) is 0.936. The van der Waals surface area contributed by atoms with Crippen molar-refractivity contribution in [3.63, 3.8) is 0 Å². The van der Waals surface area contributed by atoms with Crippen molar-refractivity contribution in [1.29, 1.82) is 0 Å². The number of alkyl halides is 2. The average Bonchev–Trinajstić information content (AvgIpc) is 1.88. The van der Waals surface area contributed by atoms with Crippen LogP contribution in [0, 0.1) is 0 Å². The highest BCUT2D eigenvalue weighted by Crippen LogP contribution is 2.15. The molecule has 0 N–H and O–H groups in total. The van der Waals surface area contributed by atoms with E-state index in [2.05, 4.69) is 4.42 Å².